The van der Waals surface area contributed by atoms with E-state index in [1.807, 2.05) is 19.9 Å². The number of hydrogen-bond acceptors (Lipinski definition) is 3. The number of alkyl halides is 3. The van der Waals surface area contributed by atoms with E-state index in [1.54, 1.807) is 12.1 Å². The molecule has 9 heteroatoms. The van der Waals surface area contributed by atoms with Crippen LogP contribution < -0.4 is 9.80 Å². The summed E-state index contributed by atoms with van der Waals surface area (Å²) in [7, 11) is -3.43. The Balaban J connectivity index is 1.82. The first-order valence-corrected chi connectivity index (χ1v) is 10.9. The normalized spacial score (nSPS) is 23.6. The number of amides is 2. The Morgan fingerprint density at radius 1 is 0.897 bits per heavy atom. The zero-order valence-corrected chi connectivity index (χ0v) is 16.6. The van der Waals surface area contributed by atoms with Crippen LogP contribution in [0.5, 0.6) is 0 Å². The highest BCUT2D eigenvalue weighted by Crippen LogP contribution is 2.40. The topological polar surface area (TPSA) is 57.7 Å². The van der Waals surface area contributed by atoms with Gasteiger partial charge in [0.25, 0.3) is 0 Å². The molecule has 0 N–H and O–H groups in total. The molecule has 29 heavy (non-hydrogen) atoms. The third-order valence-electron chi connectivity index (χ3n) is 5.31. The minimum absolute atomic E-state index is 0.0452. The van der Waals surface area contributed by atoms with Crippen molar-refractivity contribution in [2.45, 2.75) is 32.1 Å². The highest BCUT2D eigenvalue weighted by atomic mass is 32.2. The molecule has 0 aromatic heterocycles. The van der Waals surface area contributed by atoms with Crippen molar-refractivity contribution < 1.29 is 26.4 Å². The third kappa shape index (κ3) is 3.48. The summed E-state index contributed by atoms with van der Waals surface area (Å²) in [6.07, 6.45) is -4.56. The number of halogens is 3. The highest BCUT2D eigenvalue weighted by molar-refractivity contribution is 7.91. The van der Waals surface area contributed by atoms with Crippen LogP contribution in [0.2, 0.25) is 0 Å². The number of aryl methyl sites for hydroxylation is 2. The number of rotatable bonds is 2. The maximum atomic E-state index is 13.3. The smallest absolute Gasteiger partial charge is 0.288 e. The van der Waals surface area contributed by atoms with Crippen LogP contribution in [0.25, 0.3) is 0 Å². The van der Waals surface area contributed by atoms with E-state index in [0.29, 0.717) is 5.69 Å². The molecule has 0 spiro atoms. The zero-order valence-electron chi connectivity index (χ0n) is 15.8. The molecule has 2 aromatic rings. The number of carbonyl (C=O) groups excluding carboxylic acids is 1. The Kier molecular flexibility index (Phi) is 4.41. The Morgan fingerprint density at radius 3 is 2.00 bits per heavy atom. The van der Waals surface area contributed by atoms with Crippen molar-refractivity contribution in [3.8, 4) is 0 Å². The molecular formula is C20H19F3N2O3S. The van der Waals surface area contributed by atoms with Gasteiger partial charge in [-0.05, 0) is 55.3 Å². The van der Waals surface area contributed by atoms with Gasteiger partial charge < -0.3 is 0 Å². The van der Waals surface area contributed by atoms with Crippen LogP contribution in [-0.4, -0.2) is 38.0 Å². The number of fused-ring (bicyclic) bond motifs is 1. The minimum atomic E-state index is -4.56. The molecule has 4 rings (SSSR count). The number of anilines is 2. The Hall–Kier alpha value is -2.55. The molecule has 2 fully saturated rings. The van der Waals surface area contributed by atoms with Gasteiger partial charge in [-0.25, -0.2) is 13.2 Å². The standard InChI is InChI=1S/C20H19F3N2O3S/c1-12-6-13(2)8-16(7-12)25-18-11-29(27,28)10-17(18)24(19(25)26)15-5-3-4-14(9-15)20(21,22)23/h3-9,17-18H,10-11H2,1-2H3/t17-,18-/m0/s1. The van der Waals surface area contributed by atoms with Crippen molar-refractivity contribution in [1.82, 2.24) is 0 Å². The fourth-order valence-corrected chi connectivity index (χ4v) is 6.15. The Morgan fingerprint density at radius 2 is 1.45 bits per heavy atom. The maximum absolute atomic E-state index is 13.3. The average Bonchev–Trinajstić information content (AvgIpc) is 3.01. The quantitative estimate of drug-likeness (QED) is 0.687. The molecule has 2 aliphatic rings. The van der Waals surface area contributed by atoms with Gasteiger partial charge in [0, 0.05) is 11.4 Å². The van der Waals surface area contributed by atoms with Gasteiger partial charge in [0.05, 0.1) is 29.2 Å². The number of carbonyl (C=O) groups is 1. The molecule has 0 bridgehead atoms. The van der Waals surface area contributed by atoms with E-state index in [-0.39, 0.29) is 17.2 Å². The second-order valence-corrected chi connectivity index (χ2v) is 9.78. The van der Waals surface area contributed by atoms with Gasteiger partial charge in [-0.15, -0.1) is 0 Å². The molecule has 5 nitrogen and oxygen atoms in total. The number of benzene rings is 2. The van der Waals surface area contributed by atoms with Gasteiger partial charge >= 0.3 is 12.2 Å². The fourth-order valence-electron chi connectivity index (χ4n) is 4.23. The van der Waals surface area contributed by atoms with E-state index in [4.69, 9.17) is 0 Å². The number of sulfone groups is 1. The number of nitrogens with zero attached hydrogens (tertiary/aromatic N) is 2. The van der Waals surface area contributed by atoms with E-state index in [1.165, 1.54) is 21.9 Å². The van der Waals surface area contributed by atoms with Gasteiger partial charge in [-0.1, -0.05) is 12.1 Å². The van der Waals surface area contributed by atoms with Crippen LogP contribution in [0.4, 0.5) is 29.3 Å². The van der Waals surface area contributed by atoms with Gasteiger partial charge in [-0.3, -0.25) is 9.80 Å². The van der Waals surface area contributed by atoms with Crippen molar-refractivity contribution in [2.24, 2.45) is 0 Å². The van der Waals surface area contributed by atoms with Gasteiger partial charge in [0.2, 0.25) is 0 Å². The minimum Gasteiger partial charge on any atom is -0.288 e. The molecular weight excluding hydrogens is 405 g/mol. The SMILES string of the molecule is Cc1cc(C)cc(N2C(=O)N(c3cccc(C(F)(F)F)c3)[C@H]3CS(=O)(=O)C[C@@H]32)c1. The van der Waals surface area contributed by atoms with Crippen LogP contribution in [0.15, 0.2) is 42.5 Å². The van der Waals surface area contributed by atoms with Crippen molar-refractivity contribution in [3.05, 3.63) is 59.2 Å². The lowest BCUT2D eigenvalue weighted by Gasteiger charge is -2.24. The van der Waals surface area contributed by atoms with Gasteiger partial charge in [0.15, 0.2) is 9.84 Å². The Bertz CT molecular complexity index is 1080. The molecule has 0 radical (unpaired) electrons. The van der Waals surface area contributed by atoms with Gasteiger partial charge in [0.1, 0.15) is 0 Å². The van der Waals surface area contributed by atoms with Crippen molar-refractivity contribution in [2.75, 3.05) is 21.3 Å². The predicted octanol–water partition coefficient (Wildman–Crippen LogP) is 3.93. The molecule has 2 heterocycles. The zero-order chi connectivity index (χ0) is 21.1. The summed E-state index contributed by atoms with van der Waals surface area (Å²) in [6, 6.07) is 8.03. The Labute approximate surface area is 166 Å². The van der Waals surface area contributed by atoms with Crippen molar-refractivity contribution >= 4 is 27.2 Å². The lowest BCUT2D eigenvalue weighted by atomic mass is 10.1. The van der Waals surface area contributed by atoms with E-state index in [0.717, 1.165) is 23.3 Å². The highest BCUT2D eigenvalue weighted by Gasteiger charge is 2.54. The summed E-state index contributed by atoms with van der Waals surface area (Å²) in [5.74, 6) is -0.493. The molecule has 2 saturated heterocycles. The molecule has 2 amide bonds. The second kappa shape index (κ2) is 6.48. The monoisotopic (exact) mass is 424 g/mol. The number of urea groups is 1. The molecule has 154 valence electrons. The lowest BCUT2D eigenvalue weighted by molar-refractivity contribution is -0.137. The maximum Gasteiger partial charge on any atom is 0.416 e. The van der Waals surface area contributed by atoms with E-state index in [2.05, 4.69) is 0 Å². The van der Waals surface area contributed by atoms with Crippen molar-refractivity contribution in [1.29, 1.82) is 0 Å². The summed E-state index contributed by atoms with van der Waals surface area (Å²) < 4.78 is 64.1. The predicted molar refractivity (Wildman–Crippen MR) is 104 cm³/mol. The molecule has 0 unspecified atom stereocenters. The van der Waals surface area contributed by atoms with Crippen LogP contribution in [-0.2, 0) is 16.0 Å². The molecule has 2 aromatic carbocycles. The largest absolute Gasteiger partial charge is 0.416 e. The average molecular weight is 424 g/mol. The summed E-state index contributed by atoms with van der Waals surface area (Å²) in [5.41, 5.74) is 1.52. The summed E-state index contributed by atoms with van der Waals surface area (Å²) in [5, 5.41) is 0. The number of hydrogen-bond donors (Lipinski definition) is 0. The first kappa shape index (κ1) is 19.8. The second-order valence-electron chi connectivity index (χ2n) is 7.63. The van der Waals surface area contributed by atoms with Crippen LogP contribution in [0, 0.1) is 13.8 Å². The van der Waals surface area contributed by atoms with E-state index < -0.39 is 39.7 Å². The van der Waals surface area contributed by atoms with Crippen molar-refractivity contribution in [3.63, 3.8) is 0 Å². The van der Waals surface area contributed by atoms with Gasteiger partial charge in [-0.2, -0.15) is 13.2 Å². The lowest BCUT2D eigenvalue weighted by Crippen LogP contribution is -2.38. The van der Waals surface area contributed by atoms with Crippen LogP contribution in [0.1, 0.15) is 16.7 Å². The third-order valence-corrected chi connectivity index (χ3v) is 7.00. The van der Waals surface area contributed by atoms with Crippen LogP contribution in [0.3, 0.4) is 0 Å². The molecule has 0 saturated carbocycles. The van der Waals surface area contributed by atoms with E-state index >= 15 is 0 Å². The van der Waals surface area contributed by atoms with Crippen LogP contribution >= 0.6 is 0 Å². The first-order chi connectivity index (χ1) is 13.5. The summed E-state index contributed by atoms with van der Waals surface area (Å²) in [4.78, 5) is 15.9. The molecule has 2 aliphatic heterocycles. The molecule has 2 atom stereocenters. The first-order valence-electron chi connectivity index (χ1n) is 9.05. The molecule has 0 aliphatic carbocycles. The summed E-state index contributed by atoms with van der Waals surface area (Å²) >= 11 is 0. The summed E-state index contributed by atoms with van der Waals surface area (Å²) in [6.45, 7) is 3.73. The fraction of sp³-hybridized carbons (Fsp3) is 0.350. The van der Waals surface area contributed by atoms with E-state index in [9.17, 15) is 26.4 Å².